The zero-order chi connectivity index (χ0) is 28.4. The normalized spacial score (nSPS) is 40.7. The van der Waals surface area contributed by atoms with Crippen LogP contribution in [0.15, 0.2) is 23.3 Å². The summed E-state index contributed by atoms with van der Waals surface area (Å²) in [6.45, 7) is 21.5. The number of carboxylic acid groups (broad SMARTS) is 1. The van der Waals surface area contributed by atoms with E-state index in [1.807, 2.05) is 0 Å². The lowest BCUT2D eigenvalue weighted by molar-refractivity contribution is -0.167. The number of carbonyl (C=O) groups is 2. The first kappa shape index (κ1) is 29.4. The first-order chi connectivity index (χ1) is 17.5. The van der Waals surface area contributed by atoms with Gasteiger partial charge >= 0.3 is 11.9 Å². The summed E-state index contributed by atoms with van der Waals surface area (Å²) in [5.41, 5.74) is 3.62. The minimum Gasteiger partial charge on any atom is -0.481 e. The van der Waals surface area contributed by atoms with Crippen molar-refractivity contribution in [1.82, 2.24) is 0 Å². The summed E-state index contributed by atoms with van der Waals surface area (Å²) < 4.78 is 5.82. The number of rotatable bonds is 7. The Morgan fingerprint density at radius 2 is 1.71 bits per heavy atom. The summed E-state index contributed by atoms with van der Waals surface area (Å²) in [5, 5.41) is 22.0. The molecular formula is C33H52O5. The molecule has 8 atom stereocenters. The van der Waals surface area contributed by atoms with E-state index in [9.17, 15) is 19.8 Å². The van der Waals surface area contributed by atoms with Gasteiger partial charge in [-0.3, -0.25) is 9.59 Å². The molecule has 4 aliphatic rings. The number of ether oxygens (including phenoxy) is 1. The average Bonchev–Trinajstić information content (AvgIpc) is 3.01. The summed E-state index contributed by atoms with van der Waals surface area (Å²) in [6.07, 6.45) is 6.98. The van der Waals surface area contributed by atoms with Gasteiger partial charge in [0.25, 0.3) is 0 Å². The molecule has 0 spiro atoms. The lowest BCUT2D eigenvalue weighted by Crippen LogP contribution is -2.56. The van der Waals surface area contributed by atoms with Gasteiger partial charge in [-0.15, -0.1) is 0 Å². The van der Waals surface area contributed by atoms with E-state index in [0.29, 0.717) is 31.1 Å². The van der Waals surface area contributed by atoms with Crippen LogP contribution in [0, 0.1) is 45.3 Å². The van der Waals surface area contributed by atoms with Crippen LogP contribution < -0.4 is 0 Å². The number of esters is 1. The minimum atomic E-state index is -0.780. The molecule has 0 amide bonds. The highest BCUT2D eigenvalue weighted by Gasteiger charge is 2.66. The van der Waals surface area contributed by atoms with E-state index in [1.54, 1.807) is 5.57 Å². The number of aliphatic hydroxyl groups is 1. The third-order valence-electron chi connectivity index (χ3n) is 12.4. The van der Waals surface area contributed by atoms with Crippen molar-refractivity contribution >= 4 is 11.9 Å². The van der Waals surface area contributed by atoms with Gasteiger partial charge < -0.3 is 14.9 Å². The molecule has 0 unspecified atom stereocenters. The van der Waals surface area contributed by atoms with Gasteiger partial charge in [0.15, 0.2) is 0 Å². The molecule has 4 rings (SSSR count). The molecule has 0 saturated heterocycles. The summed E-state index contributed by atoms with van der Waals surface area (Å²) in [7, 11) is 0. The highest BCUT2D eigenvalue weighted by Crippen LogP contribution is 2.72. The van der Waals surface area contributed by atoms with Crippen LogP contribution in [0.1, 0.15) is 113 Å². The number of carboxylic acids is 1. The second kappa shape index (κ2) is 9.78. The van der Waals surface area contributed by atoms with E-state index in [1.165, 1.54) is 12.5 Å². The van der Waals surface area contributed by atoms with Gasteiger partial charge in [0, 0.05) is 18.3 Å². The molecule has 5 heteroatoms. The lowest BCUT2D eigenvalue weighted by Gasteiger charge is -2.62. The van der Waals surface area contributed by atoms with Crippen LogP contribution in [0.4, 0.5) is 0 Å². The number of aliphatic hydroxyl groups excluding tert-OH is 1. The lowest BCUT2D eigenvalue weighted by atomic mass is 9.43. The quantitative estimate of drug-likeness (QED) is 0.267. The molecule has 0 aromatic carbocycles. The second-order valence-electron chi connectivity index (χ2n) is 14.8. The Kier molecular flexibility index (Phi) is 7.56. The fraction of sp³-hybridized carbons (Fsp3) is 0.818. The number of allylic oxidation sites excluding steroid dienone is 3. The fourth-order valence-electron chi connectivity index (χ4n) is 9.98. The van der Waals surface area contributed by atoms with Gasteiger partial charge in [-0.1, -0.05) is 71.8 Å². The standard InChI is InChI=1S/C33H52O5/c1-19(2)20(3)10-11-22(29(36)37)28-25(35)18-33(9)24-12-13-26-30(5,6)27(38-21(4)34)15-16-31(26,7)23(24)14-17-32(28,33)8/h19,22,25-28,35H,3,10-18H2,1-2,4-9H3,(H,36,37)/t22-,25+,26+,27-,28+,31-,32+,33+/m0/s1. The van der Waals surface area contributed by atoms with Crippen molar-refractivity contribution in [3.63, 3.8) is 0 Å². The number of hydrogen-bond acceptors (Lipinski definition) is 4. The largest absolute Gasteiger partial charge is 0.481 e. The maximum atomic E-state index is 12.6. The molecular weight excluding hydrogens is 476 g/mol. The molecule has 38 heavy (non-hydrogen) atoms. The second-order valence-corrected chi connectivity index (χ2v) is 14.8. The first-order valence-electron chi connectivity index (χ1n) is 15.0. The number of hydrogen-bond donors (Lipinski definition) is 2. The third kappa shape index (κ3) is 4.30. The van der Waals surface area contributed by atoms with E-state index < -0.39 is 18.0 Å². The highest BCUT2D eigenvalue weighted by molar-refractivity contribution is 5.71. The van der Waals surface area contributed by atoms with E-state index in [0.717, 1.165) is 44.1 Å². The molecule has 0 heterocycles. The zero-order valence-corrected chi connectivity index (χ0v) is 25.2. The van der Waals surface area contributed by atoms with E-state index >= 15 is 0 Å². The van der Waals surface area contributed by atoms with Crippen molar-refractivity contribution in [1.29, 1.82) is 0 Å². The maximum absolute atomic E-state index is 12.6. The summed E-state index contributed by atoms with van der Waals surface area (Å²) in [5.74, 6) is -1.05. The smallest absolute Gasteiger partial charge is 0.306 e. The van der Waals surface area contributed by atoms with Crippen LogP contribution in [0.3, 0.4) is 0 Å². The van der Waals surface area contributed by atoms with Gasteiger partial charge in [-0.05, 0) is 85.9 Å². The third-order valence-corrected chi connectivity index (χ3v) is 12.4. The Bertz CT molecular complexity index is 1020. The predicted octanol–water partition coefficient (Wildman–Crippen LogP) is 7.33. The van der Waals surface area contributed by atoms with Crippen LogP contribution in [0.5, 0.6) is 0 Å². The molecule has 0 aliphatic heterocycles. The minimum absolute atomic E-state index is 0.0440. The van der Waals surface area contributed by atoms with E-state index in [4.69, 9.17) is 4.74 Å². The van der Waals surface area contributed by atoms with Crippen LogP contribution in [0.2, 0.25) is 0 Å². The van der Waals surface area contributed by atoms with Crippen molar-refractivity contribution < 1.29 is 24.5 Å². The van der Waals surface area contributed by atoms with Crippen molar-refractivity contribution in [2.24, 2.45) is 45.3 Å². The van der Waals surface area contributed by atoms with Gasteiger partial charge in [0.1, 0.15) is 6.10 Å². The molecule has 2 saturated carbocycles. The van der Waals surface area contributed by atoms with Crippen LogP contribution in [-0.4, -0.2) is 34.4 Å². The fourth-order valence-corrected chi connectivity index (χ4v) is 9.98. The highest BCUT2D eigenvalue weighted by atomic mass is 16.5. The molecule has 0 aromatic heterocycles. The molecule has 0 aromatic rings. The maximum Gasteiger partial charge on any atom is 0.306 e. The van der Waals surface area contributed by atoms with Crippen molar-refractivity contribution in [3.05, 3.63) is 23.3 Å². The van der Waals surface area contributed by atoms with Gasteiger partial charge in [0.2, 0.25) is 0 Å². The zero-order valence-electron chi connectivity index (χ0n) is 25.2. The Balaban J connectivity index is 1.69. The van der Waals surface area contributed by atoms with Crippen LogP contribution in [-0.2, 0) is 14.3 Å². The molecule has 5 nitrogen and oxygen atoms in total. The monoisotopic (exact) mass is 528 g/mol. The average molecular weight is 529 g/mol. The number of aliphatic carboxylic acids is 1. The Labute approximate surface area is 230 Å². The molecule has 2 N–H and O–H groups in total. The molecule has 0 radical (unpaired) electrons. The van der Waals surface area contributed by atoms with Crippen molar-refractivity contribution in [2.75, 3.05) is 0 Å². The summed E-state index contributed by atoms with van der Waals surface area (Å²) in [6, 6.07) is 0. The SMILES string of the molecule is C=C(CC[C@H](C(=O)O)[C@@H]1[C@H](O)C[C@]2(C)C3=C(CC[C@]12C)[C@]1(C)CC[C@H](OC(C)=O)C(C)(C)[C@H]1CC3)C(C)C. The molecule has 4 aliphatic carbocycles. The van der Waals surface area contributed by atoms with Crippen LogP contribution >= 0.6 is 0 Å². The Morgan fingerprint density at radius 3 is 2.29 bits per heavy atom. The number of fused-ring (bicyclic) bond motifs is 4. The van der Waals surface area contributed by atoms with E-state index in [-0.39, 0.29) is 39.7 Å². The van der Waals surface area contributed by atoms with Crippen molar-refractivity contribution in [2.45, 2.75) is 125 Å². The van der Waals surface area contributed by atoms with Crippen LogP contribution in [0.25, 0.3) is 0 Å². The van der Waals surface area contributed by atoms with E-state index in [2.05, 4.69) is 55.0 Å². The molecule has 2 fully saturated rings. The topological polar surface area (TPSA) is 83.8 Å². The number of carbonyl (C=O) groups excluding carboxylic acids is 1. The first-order valence-corrected chi connectivity index (χ1v) is 15.0. The summed E-state index contributed by atoms with van der Waals surface area (Å²) in [4.78, 5) is 24.5. The van der Waals surface area contributed by atoms with Crippen molar-refractivity contribution in [3.8, 4) is 0 Å². The van der Waals surface area contributed by atoms with Gasteiger partial charge in [-0.25, -0.2) is 0 Å². The van der Waals surface area contributed by atoms with Gasteiger partial charge in [-0.2, -0.15) is 0 Å². The molecule has 0 bridgehead atoms. The van der Waals surface area contributed by atoms with Gasteiger partial charge in [0.05, 0.1) is 12.0 Å². The Morgan fingerprint density at radius 1 is 1.05 bits per heavy atom. The molecule has 214 valence electrons. The summed E-state index contributed by atoms with van der Waals surface area (Å²) >= 11 is 0. The predicted molar refractivity (Wildman–Crippen MR) is 150 cm³/mol. The Hall–Kier alpha value is -1.62.